The molecule has 0 heterocycles. The first-order valence-corrected chi connectivity index (χ1v) is 4.06. The standard InChI is InChI=1S/C10H11NO3/c11-10(14)3-1-2-7-4-5-8(12)6-9(7)13/h1-2,4-6,12-13H,3H2,(H2,11,14). The van der Waals surface area contributed by atoms with Crippen LogP contribution in [0.3, 0.4) is 0 Å². The number of hydrogen-bond acceptors (Lipinski definition) is 3. The Labute approximate surface area is 81.3 Å². The topological polar surface area (TPSA) is 83.6 Å². The third kappa shape index (κ3) is 2.82. The fourth-order valence-electron chi connectivity index (χ4n) is 0.975. The van der Waals surface area contributed by atoms with Gasteiger partial charge in [0.2, 0.25) is 5.91 Å². The van der Waals surface area contributed by atoms with E-state index in [0.29, 0.717) is 5.56 Å². The monoisotopic (exact) mass is 193 g/mol. The number of carbonyl (C=O) groups excluding carboxylic acids is 1. The van der Waals surface area contributed by atoms with Crippen molar-refractivity contribution in [1.29, 1.82) is 0 Å². The fraction of sp³-hybridized carbons (Fsp3) is 0.100. The molecule has 0 spiro atoms. The highest BCUT2D eigenvalue weighted by atomic mass is 16.3. The number of aromatic hydroxyl groups is 2. The molecule has 0 aliphatic rings. The molecule has 0 unspecified atom stereocenters. The predicted octanol–water partition coefficient (Wildman–Crippen LogP) is 0.986. The minimum Gasteiger partial charge on any atom is -0.508 e. The molecular weight excluding hydrogens is 182 g/mol. The van der Waals surface area contributed by atoms with Gasteiger partial charge in [-0.3, -0.25) is 4.79 Å². The second-order valence-electron chi connectivity index (χ2n) is 2.82. The van der Waals surface area contributed by atoms with Crippen molar-refractivity contribution in [2.75, 3.05) is 0 Å². The van der Waals surface area contributed by atoms with Crippen LogP contribution in [0.4, 0.5) is 0 Å². The van der Waals surface area contributed by atoms with Crippen molar-refractivity contribution >= 4 is 12.0 Å². The number of benzene rings is 1. The van der Waals surface area contributed by atoms with Gasteiger partial charge in [0.15, 0.2) is 0 Å². The molecule has 4 N–H and O–H groups in total. The fourth-order valence-corrected chi connectivity index (χ4v) is 0.975. The van der Waals surface area contributed by atoms with Crippen LogP contribution in [0.1, 0.15) is 12.0 Å². The van der Waals surface area contributed by atoms with E-state index < -0.39 is 5.91 Å². The SMILES string of the molecule is NC(=O)CC=Cc1ccc(O)cc1O. The Morgan fingerprint density at radius 3 is 2.71 bits per heavy atom. The van der Waals surface area contributed by atoms with Crippen LogP contribution >= 0.6 is 0 Å². The van der Waals surface area contributed by atoms with Crippen molar-refractivity contribution in [2.24, 2.45) is 5.73 Å². The Hall–Kier alpha value is -1.97. The summed E-state index contributed by atoms with van der Waals surface area (Å²) in [5.41, 5.74) is 5.46. The van der Waals surface area contributed by atoms with E-state index in [1.54, 1.807) is 18.2 Å². The molecule has 1 amide bonds. The lowest BCUT2D eigenvalue weighted by molar-refractivity contribution is -0.117. The molecule has 0 aliphatic carbocycles. The number of hydrogen-bond donors (Lipinski definition) is 3. The zero-order valence-electron chi connectivity index (χ0n) is 7.47. The van der Waals surface area contributed by atoms with Gasteiger partial charge in [0.25, 0.3) is 0 Å². The summed E-state index contributed by atoms with van der Waals surface area (Å²) in [6.45, 7) is 0. The Morgan fingerprint density at radius 2 is 2.14 bits per heavy atom. The van der Waals surface area contributed by atoms with Gasteiger partial charge >= 0.3 is 0 Å². The summed E-state index contributed by atoms with van der Waals surface area (Å²) in [6, 6.07) is 4.22. The Balaban J connectivity index is 2.76. The van der Waals surface area contributed by atoms with Crippen molar-refractivity contribution in [3.63, 3.8) is 0 Å². The number of rotatable bonds is 3. The molecule has 1 aromatic carbocycles. The van der Waals surface area contributed by atoms with Crippen LogP contribution in [0, 0.1) is 0 Å². The Morgan fingerprint density at radius 1 is 1.43 bits per heavy atom. The van der Waals surface area contributed by atoms with E-state index in [0.717, 1.165) is 0 Å². The summed E-state index contributed by atoms with van der Waals surface area (Å²) in [4.78, 5) is 10.4. The van der Waals surface area contributed by atoms with Gasteiger partial charge in [0.05, 0.1) is 0 Å². The van der Waals surface area contributed by atoms with Crippen LogP contribution in [0.5, 0.6) is 11.5 Å². The van der Waals surface area contributed by atoms with Gasteiger partial charge in [-0.05, 0) is 12.1 Å². The summed E-state index contributed by atoms with van der Waals surface area (Å²) in [5, 5.41) is 18.3. The van der Waals surface area contributed by atoms with Crippen molar-refractivity contribution in [1.82, 2.24) is 0 Å². The minimum atomic E-state index is -0.431. The first-order chi connectivity index (χ1) is 6.59. The summed E-state index contributed by atoms with van der Waals surface area (Å²) in [7, 11) is 0. The molecule has 1 aromatic rings. The zero-order chi connectivity index (χ0) is 10.6. The van der Waals surface area contributed by atoms with E-state index in [1.807, 2.05) is 0 Å². The first-order valence-electron chi connectivity index (χ1n) is 4.06. The molecule has 74 valence electrons. The molecule has 0 atom stereocenters. The second kappa shape index (κ2) is 4.32. The van der Waals surface area contributed by atoms with Crippen LogP contribution in [-0.2, 0) is 4.79 Å². The van der Waals surface area contributed by atoms with E-state index in [9.17, 15) is 9.90 Å². The molecule has 0 radical (unpaired) electrons. The molecule has 0 bridgehead atoms. The molecule has 0 fully saturated rings. The molecular formula is C10H11NO3. The lowest BCUT2D eigenvalue weighted by atomic mass is 10.1. The van der Waals surface area contributed by atoms with Crippen LogP contribution < -0.4 is 5.73 Å². The maximum atomic E-state index is 10.4. The van der Waals surface area contributed by atoms with Crippen LogP contribution in [0.15, 0.2) is 24.3 Å². The summed E-state index contributed by atoms with van der Waals surface area (Å²) >= 11 is 0. The number of primary amides is 1. The number of carbonyl (C=O) groups is 1. The van der Waals surface area contributed by atoms with Crippen LogP contribution in [0.2, 0.25) is 0 Å². The third-order valence-electron chi connectivity index (χ3n) is 1.63. The van der Waals surface area contributed by atoms with Gasteiger partial charge in [-0.25, -0.2) is 0 Å². The van der Waals surface area contributed by atoms with Crippen molar-refractivity contribution < 1.29 is 15.0 Å². The van der Waals surface area contributed by atoms with E-state index in [1.165, 1.54) is 12.1 Å². The van der Waals surface area contributed by atoms with Crippen molar-refractivity contribution in [3.05, 3.63) is 29.8 Å². The molecule has 4 heteroatoms. The minimum absolute atomic E-state index is 0.00505. The Kier molecular flexibility index (Phi) is 3.12. The lowest BCUT2D eigenvalue weighted by Crippen LogP contribution is -2.07. The molecule has 14 heavy (non-hydrogen) atoms. The van der Waals surface area contributed by atoms with Gasteiger partial charge < -0.3 is 15.9 Å². The molecule has 0 aliphatic heterocycles. The predicted molar refractivity (Wildman–Crippen MR) is 52.6 cm³/mol. The molecule has 0 saturated heterocycles. The average molecular weight is 193 g/mol. The lowest BCUT2D eigenvalue weighted by Gasteiger charge is -1.98. The number of phenolic OH excluding ortho intramolecular Hbond substituents is 2. The van der Waals surface area contributed by atoms with E-state index in [-0.39, 0.29) is 17.9 Å². The summed E-state index contributed by atoms with van der Waals surface area (Å²) in [5.74, 6) is -0.472. The molecule has 0 saturated carbocycles. The van der Waals surface area contributed by atoms with Crippen molar-refractivity contribution in [2.45, 2.75) is 6.42 Å². The van der Waals surface area contributed by atoms with Gasteiger partial charge in [0.1, 0.15) is 11.5 Å². The van der Waals surface area contributed by atoms with E-state index in [4.69, 9.17) is 10.8 Å². The summed E-state index contributed by atoms with van der Waals surface area (Å²) in [6.07, 6.45) is 3.24. The van der Waals surface area contributed by atoms with Gasteiger partial charge in [0, 0.05) is 18.1 Å². The van der Waals surface area contributed by atoms with E-state index >= 15 is 0 Å². The third-order valence-corrected chi connectivity index (χ3v) is 1.63. The van der Waals surface area contributed by atoms with Crippen LogP contribution in [0.25, 0.3) is 6.08 Å². The summed E-state index contributed by atoms with van der Waals surface area (Å²) < 4.78 is 0. The highest BCUT2D eigenvalue weighted by molar-refractivity contribution is 5.76. The largest absolute Gasteiger partial charge is 0.508 e. The molecule has 0 aromatic heterocycles. The highest BCUT2D eigenvalue weighted by Crippen LogP contribution is 2.23. The number of amides is 1. The smallest absolute Gasteiger partial charge is 0.221 e. The van der Waals surface area contributed by atoms with Gasteiger partial charge in [-0.1, -0.05) is 12.2 Å². The quantitative estimate of drug-likeness (QED) is 0.669. The molecule has 1 rings (SSSR count). The Bertz CT molecular complexity index is 372. The highest BCUT2D eigenvalue weighted by Gasteiger charge is 1.98. The second-order valence-corrected chi connectivity index (χ2v) is 2.82. The van der Waals surface area contributed by atoms with Gasteiger partial charge in [-0.15, -0.1) is 0 Å². The van der Waals surface area contributed by atoms with E-state index in [2.05, 4.69) is 0 Å². The van der Waals surface area contributed by atoms with Gasteiger partial charge in [-0.2, -0.15) is 0 Å². The number of nitrogens with two attached hydrogens (primary N) is 1. The zero-order valence-corrected chi connectivity index (χ0v) is 7.47. The number of phenols is 2. The van der Waals surface area contributed by atoms with Crippen molar-refractivity contribution in [3.8, 4) is 11.5 Å². The maximum Gasteiger partial charge on any atom is 0.221 e. The first kappa shape index (κ1) is 10.1. The molecule has 4 nitrogen and oxygen atoms in total. The average Bonchev–Trinajstić information content (AvgIpc) is 2.08. The maximum absolute atomic E-state index is 10.4. The normalized spacial score (nSPS) is 10.6. The van der Waals surface area contributed by atoms with Crippen LogP contribution in [-0.4, -0.2) is 16.1 Å².